The lowest BCUT2D eigenvalue weighted by molar-refractivity contribution is 0.180. The number of nitrogens with zero attached hydrogens (tertiary/aromatic N) is 4. The van der Waals surface area contributed by atoms with Crippen LogP contribution in [0.15, 0.2) is 9.52 Å². The maximum absolute atomic E-state index is 5.04. The van der Waals surface area contributed by atoms with Gasteiger partial charge in [-0.05, 0) is 13.5 Å². The standard InChI is InChI=1S/C13H26N6O2/c1-11-17-12(18-21-11)10-16-13(14-2)15-6-8-19(3)7-5-9-20-4/h5-10H2,1-4H3,(H2,14,15,16). The van der Waals surface area contributed by atoms with Crippen LogP contribution in [-0.4, -0.2) is 68.4 Å². The van der Waals surface area contributed by atoms with Crippen LogP contribution in [-0.2, 0) is 11.3 Å². The number of aliphatic imine (C=N–C) groups is 1. The second-order valence-electron chi connectivity index (χ2n) is 4.73. The van der Waals surface area contributed by atoms with E-state index in [-0.39, 0.29) is 0 Å². The van der Waals surface area contributed by atoms with Crippen molar-refractivity contribution in [2.24, 2.45) is 4.99 Å². The average molecular weight is 298 g/mol. The van der Waals surface area contributed by atoms with Crippen molar-refractivity contribution in [2.75, 3.05) is 47.4 Å². The van der Waals surface area contributed by atoms with E-state index in [1.54, 1.807) is 21.1 Å². The Balaban J connectivity index is 2.16. The minimum atomic E-state index is 0.487. The molecule has 0 radical (unpaired) electrons. The summed E-state index contributed by atoms with van der Waals surface area (Å²) in [4.78, 5) is 10.5. The molecule has 0 aliphatic rings. The average Bonchev–Trinajstić information content (AvgIpc) is 2.88. The Kier molecular flexibility index (Phi) is 8.37. The molecule has 1 heterocycles. The van der Waals surface area contributed by atoms with E-state index in [1.165, 1.54) is 0 Å². The molecule has 120 valence electrons. The van der Waals surface area contributed by atoms with Crippen molar-refractivity contribution in [3.63, 3.8) is 0 Å². The Hall–Kier alpha value is -1.67. The van der Waals surface area contributed by atoms with Crippen LogP contribution in [0.1, 0.15) is 18.1 Å². The Bertz CT molecular complexity index is 421. The van der Waals surface area contributed by atoms with E-state index in [9.17, 15) is 0 Å². The smallest absolute Gasteiger partial charge is 0.223 e. The summed E-state index contributed by atoms with van der Waals surface area (Å²) < 4.78 is 9.95. The predicted molar refractivity (Wildman–Crippen MR) is 81.2 cm³/mol. The van der Waals surface area contributed by atoms with Gasteiger partial charge in [-0.2, -0.15) is 4.98 Å². The molecule has 0 aliphatic carbocycles. The number of methoxy groups -OCH3 is 1. The SMILES string of the molecule is CN=C(NCCN(C)CCCOC)NCc1noc(C)n1. The van der Waals surface area contributed by atoms with Gasteiger partial charge in [-0.25, -0.2) is 0 Å². The molecule has 0 bridgehead atoms. The van der Waals surface area contributed by atoms with Gasteiger partial charge in [0.2, 0.25) is 5.89 Å². The van der Waals surface area contributed by atoms with Gasteiger partial charge < -0.3 is 24.8 Å². The monoisotopic (exact) mass is 298 g/mol. The highest BCUT2D eigenvalue weighted by Gasteiger charge is 2.04. The minimum Gasteiger partial charge on any atom is -0.385 e. The molecule has 1 aromatic rings. The maximum Gasteiger partial charge on any atom is 0.223 e. The van der Waals surface area contributed by atoms with Crippen LogP contribution in [0, 0.1) is 6.92 Å². The molecule has 2 N–H and O–H groups in total. The van der Waals surface area contributed by atoms with Crippen LogP contribution in [0.2, 0.25) is 0 Å². The lowest BCUT2D eigenvalue weighted by Gasteiger charge is -2.17. The molecule has 0 spiro atoms. The van der Waals surface area contributed by atoms with E-state index in [2.05, 4.69) is 37.7 Å². The van der Waals surface area contributed by atoms with E-state index in [4.69, 9.17) is 9.26 Å². The number of aromatic nitrogens is 2. The number of nitrogens with one attached hydrogen (secondary N) is 2. The first-order valence-corrected chi connectivity index (χ1v) is 7.07. The molecule has 8 nitrogen and oxygen atoms in total. The Labute approximate surface area is 125 Å². The summed E-state index contributed by atoms with van der Waals surface area (Å²) in [5, 5.41) is 10.2. The lowest BCUT2D eigenvalue weighted by atomic mass is 10.4. The van der Waals surface area contributed by atoms with Crippen molar-refractivity contribution in [3.05, 3.63) is 11.7 Å². The summed E-state index contributed by atoms with van der Waals surface area (Å²) >= 11 is 0. The number of hydrogen-bond acceptors (Lipinski definition) is 6. The van der Waals surface area contributed by atoms with E-state index >= 15 is 0 Å². The van der Waals surface area contributed by atoms with E-state index in [1.807, 2.05) is 0 Å². The molecule has 0 unspecified atom stereocenters. The number of hydrogen-bond donors (Lipinski definition) is 2. The quantitative estimate of drug-likeness (QED) is 0.377. The van der Waals surface area contributed by atoms with Crippen LogP contribution in [0.4, 0.5) is 0 Å². The number of ether oxygens (including phenoxy) is 1. The zero-order chi connectivity index (χ0) is 15.5. The summed E-state index contributed by atoms with van der Waals surface area (Å²) in [7, 11) is 5.55. The fourth-order valence-corrected chi connectivity index (χ4v) is 1.75. The van der Waals surface area contributed by atoms with Crippen molar-refractivity contribution in [2.45, 2.75) is 19.9 Å². The third-order valence-electron chi connectivity index (χ3n) is 2.88. The van der Waals surface area contributed by atoms with Crippen molar-refractivity contribution >= 4 is 5.96 Å². The zero-order valence-electron chi connectivity index (χ0n) is 13.3. The lowest BCUT2D eigenvalue weighted by Crippen LogP contribution is -2.41. The van der Waals surface area contributed by atoms with Crippen LogP contribution < -0.4 is 10.6 Å². The van der Waals surface area contributed by atoms with Crippen LogP contribution >= 0.6 is 0 Å². The molecular formula is C13H26N6O2. The molecule has 0 aromatic carbocycles. The predicted octanol–water partition coefficient (Wildman–Crippen LogP) is 0.0113. The van der Waals surface area contributed by atoms with E-state index in [0.29, 0.717) is 18.3 Å². The van der Waals surface area contributed by atoms with Gasteiger partial charge in [0.15, 0.2) is 11.8 Å². The summed E-state index contributed by atoms with van der Waals surface area (Å²) in [6.07, 6.45) is 1.04. The molecule has 0 aliphatic heterocycles. The first-order valence-electron chi connectivity index (χ1n) is 7.07. The Morgan fingerprint density at radius 2 is 2.19 bits per heavy atom. The second-order valence-corrected chi connectivity index (χ2v) is 4.73. The molecule has 21 heavy (non-hydrogen) atoms. The normalized spacial score (nSPS) is 12.0. The summed E-state index contributed by atoms with van der Waals surface area (Å²) in [6.45, 7) is 5.82. The number of likely N-dealkylation sites (N-methyl/N-ethyl adjacent to an activating group) is 1. The molecule has 0 fully saturated rings. The molecule has 1 aromatic heterocycles. The third-order valence-corrected chi connectivity index (χ3v) is 2.88. The second kappa shape index (κ2) is 10.1. The molecule has 0 amide bonds. The number of aryl methyl sites for hydroxylation is 1. The van der Waals surface area contributed by atoms with Gasteiger partial charge in [0.05, 0.1) is 6.54 Å². The van der Waals surface area contributed by atoms with Gasteiger partial charge >= 0.3 is 0 Å². The van der Waals surface area contributed by atoms with E-state index in [0.717, 1.165) is 38.6 Å². The van der Waals surface area contributed by atoms with Gasteiger partial charge in [0.25, 0.3) is 0 Å². The molecule has 0 saturated heterocycles. The van der Waals surface area contributed by atoms with E-state index < -0.39 is 0 Å². The maximum atomic E-state index is 5.04. The van der Waals surface area contributed by atoms with Crippen molar-refractivity contribution in [3.8, 4) is 0 Å². The highest BCUT2D eigenvalue weighted by Crippen LogP contribution is 1.93. The number of rotatable bonds is 9. The van der Waals surface area contributed by atoms with Gasteiger partial charge in [-0.3, -0.25) is 4.99 Å². The van der Waals surface area contributed by atoms with Gasteiger partial charge in [0.1, 0.15) is 0 Å². The van der Waals surface area contributed by atoms with Crippen molar-refractivity contribution < 1.29 is 9.26 Å². The topological polar surface area (TPSA) is 87.8 Å². The zero-order valence-corrected chi connectivity index (χ0v) is 13.3. The molecule has 8 heteroatoms. The fourth-order valence-electron chi connectivity index (χ4n) is 1.75. The first kappa shape index (κ1) is 17.4. The summed E-state index contributed by atoms with van der Waals surface area (Å²) in [5.74, 6) is 1.90. The van der Waals surface area contributed by atoms with Crippen LogP contribution in [0.5, 0.6) is 0 Å². The molecule has 0 saturated carbocycles. The Morgan fingerprint density at radius 3 is 2.81 bits per heavy atom. The van der Waals surface area contributed by atoms with Gasteiger partial charge in [-0.15, -0.1) is 0 Å². The summed E-state index contributed by atoms with van der Waals surface area (Å²) in [6, 6.07) is 0. The van der Waals surface area contributed by atoms with Crippen LogP contribution in [0.25, 0.3) is 0 Å². The Morgan fingerprint density at radius 1 is 1.38 bits per heavy atom. The minimum absolute atomic E-state index is 0.487. The third kappa shape index (κ3) is 7.62. The van der Waals surface area contributed by atoms with Gasteiger partial charge in [-0.1, -0.05) is 5.16 Å². The molecular weight excluding hydrogens is 272 g/mol. The fraction of sp³-hybridized carbons (Fsp3) is 0.769. The number of guanidine groups is 1. The van der Waals surface area contributed by atoms with Crippen molar-refractivity contribution in [1.29, 1.82) is 0 Å². The highest BCUT2D eigenvalue weighted by atomic mass is 16.5. The van der Waals surface area contributed by atoms with Crippen LogP contribution in [0.3, 0.4) is 0 Å². The van der Waals surface area contributed by atoms with Crippen molar-refractivity contribution in [1.82, 2.24) is 25.7 Å². The highest BCUT2D eigenvalue weighted by molar-refractivity contribution is 5.79. The summed E-state index contributed by atoms with van der Waals surface area (Å²) in [5.41, 5.74) is 0. The first-order chi connectivity index (χ1) is 10.2. The largest absolute Gasteiger partial charge is 0.385 e. The molecule has 0 atom stereocenters. The van der Waals surface area contributed by atoms with Gasteiger partial charge in [0, 0.05) is 47.3 Å². The molecule has 1 rings (SSSR count).